The molecule has 5 rings (SSSR count). The van der Waals surface area contributed by atoms with Gasteiger partial charge in [-0.2, -0.15) is 5.10 Å². The number of aromatic nitrogens is 3. The minimum absolute atomic E-state index is 0.0217. The van der Waals surface area contributed by atoms with Crippen LogP contribution in [0.4, 0.5) is 0 Å². The van der Waals surface area contributed by atoms with Gasteiger partial charge in [0.2, 0.25) is 0 Å². The minimum atomic E-state index is 0.0217. The van der Waals surface area contributed by atoms with Crippen LogP contribution in [0.5, 0.6) is 0 Å². The molecule has 7 heteroatoms. The molecule has 0 radical (unpaired) electrons. The van der Waals surface area contributed by atoms with E-state index in [2.05, 4.69) is 56.8 Å². The lowest BCUT2D eigenvalue weighted by molar-refractivity contribution is 0.0616. The molecule has 1 amide bonds. The van der Waals surface area contributed by atoms with E-state index in [1.165, 1.54) is 11.3 Å². The molecular formula is C28H37N5O2. The number of amides is 1. The van der Waals surface area contributed by atoms with Gasteiger partial charge in [-0.25, -0.2) is 4.68 Å². The molecule has 1 saturated heterocycles. The first-order valence-corrected chi connectivity index (χ1v) is 12.8. The molecule has 186 valence electrons. The predicted molar refractivity (Wildman–Crippen MR) is 136 cm³/mol. The number of hydrogen-bond acceptors (Lipinski definition) is 5. The third kappa shape index (κ3) is 4.66. The summed E-state index contributed by atoms with van der Waals surface area (Å²) >= 11 is 0. The number of hydrogen-bond donors (Lipinski definition) is 0. The molecule has 0 spiro atoms. The van der Waals surface area contributed by atoms with Crippen LogP contribution < -0.4 is 0 Å². The maximum Gasteiger partial charge on any atom is 0.276 e. The SMILES string of the molecule is Cc1nn(-c2ccccc2)c(C)c1CN1CCN(C(=O)c2noc3c2CC(C(C)(C)C)CC3)CC1. The molecule has 35 heavy (non-hydrogen) atoms. The van der Waals surface area contributed by atoms with Crippen LogP contribution in [0.2, 0.25) is 0 Å². The monoisotopic (exact) mass is 475 g/mol. The highest BCUT2D eigenvalue weighted by Crippen LogP contribution is 2.38. The van der Waals surface area contributed by atoms with Crippen molar-refractivity contribution in [3.8, 4) is 5.69 Å². The second kappa shape index (κ2) is 9.26. The van der Waals surface area contributed by atoms with Gasteiger partial charge in [0.05, 0.1) is 11.4 Å². The first-order valence-electron chi connectivity index (χ1n) is 12.8. The Morgan fingerprint density at radius 3 is 2.49 bits per heavy atom. The average Bonchev–Trinajstić information content (AvgIpc) is 3.40. The molecule has 3 heterocycles. The molecule has 2 aromatic heterocycles. The van der Waals surface area contributed by atoms with Crippen molar-refractivity contribution in [3.05, 3.63) is 64.3 Å². The Bertz CT molecular complexity index is 1200. The Morgan fingerprint density at radius 1 is 1.09 bits per heavy atom. The van der Waals surface area contributed by atoms with E-state index in [-0.39, 0.29) is 11.3 Å². The number of fused-ring (bicyclic) bond motifs is 1. The van der Waals surface area contributed by atoms with Gasteiger partial charge < -0.3 is 9.42 Å². The maximum atomic E-state index is 13.4. The second-order valence-corrected chi connectivity index (χ2v) is 11.2. The fraction of sp³-hybridized carbons (Fsp3) is 0.536. The van der Waals surface area contributed by atoms with Gasteiger partial charge in [-0.05, 0) is 50.2 Å². The third-order valence-corrected chi connectivity index (χ3v) is 7.95. The Labute approximate surface area is 208 Å². The van der Waals surface area contributed by atoms with Gasteiger partial charge in [0.15, 0.2) is 5.69 Å². The summed E-state index contributed by atoms with van der Waals surface area (Å²) in [6.07, 6.45) is 2.85. The Balaban J connectivity index is 1.24. The zero-order valence-electron chi connectivity index (χ0n) is 21.7. The maximum absolute atomic E-state index is 13.4. The summed E-state index contributed by atoms with van der Waals surface area (Å²) in [6.45, 7) is 15.0. The summed E-state index contributed by atoms with van der Waals surface area (Å²) in [5.74, 6) is 1.48. The fourth-order valence-corrected chi connectivity index (χ4v) is 5.52. The summed E-state index contributed by atoms with van der Waals surface area (Å²) in [6, 6.07) is 10.3. The molecule has 1 unspecified atom stereocenters. The van der Waals surface area contributed by atoms with Crippen molar-refractivity contribution in [1.82, 2.24) is 24.7 Å². The quantitative estimate of drug-likeness (QED) is 0.552. The van der Waals surface area contributed by atoms with E-state index in [9.17, 15) is 4.79 Å². The van der Waals surface area contributed by atoms with Crippen LogP contribution in [0, 0.1) is 25.2 Å². The standard InChI is InChI=1S/C28H37N5O2/c1-19-24(20(2)33(29-19)22-9-7-6-8-10-22)18-31-13-15-32(16-14-31)27(34)26-23-17-21(28(3,4)5)11-12-25(23)35-30-26/h6-10,21H,11-18H2,1-5H3. The van der Waals surface area contributed by atoms with Crippen LogP contribution >= 0.6 is 0 Å². The van der Waals surface area contributed by atoms with Gasteiger partial charge in [0, 0.05) is 56.0 Å². The number of piperazine rings is 1. The largest absolute Gasteiger partial charge is 0.360 e. The number of rotatable bonds is 4. The molecule has 1 aliphatic heterocycles. The van der Waals surface area contributed by atoms with E-state index in [4.69, 9.17) is 9.62 Å². The molecule has 7 nitrogen and oxygen atoms in total. The van der Waals surface area contributed by atoms with Crippen molar-refractivity contribution in [2.24, 2.45) is 11.3 Å². The highest BCUT2D eigenvalue weighted by Gasteiger charge is 2.35. The normalized spacial score (nSPS) is 19.1. The Morgan fingerprint density at radius 2 is 1.80 bits per heavy atom. The zero-order valence-corrected chi connectivity index (χ0v) is 21.7. The van der Waals surface area contributed by atoms with Gasteiger partial charge in [0.25, 0.3) is 5.91 Å². The third-order valence-electron chi connectivity index (χ3n) is 7.95. The predicted octanol–water partition coefficient (Wildman–Crippen LogP) is 4.59. The second-order valence-electron chi connectivity index (χ2n) is 11.2. The average molecular weight is 476 g/mol. The smallest absolute Gasteiger partial charge is 0.276 e. The summed E-state index contributed by atoms with van der Waals surface area (Å²) in [4.78, 5) is 17.8. The van der Waals surface area contributed by atoms with Crippen LogP contribution in [-0.2, 0) is 19.4 Å². The highest BCUT2D eigenvalue weighted by atomic mass is 16.5. The first kappa shape index (κ1) is 23.8. The lowest BCUT2D eigenvalue weighted by Crippen LogP contribution is -2.48. The Kier molecular flexibility index (Phi) is 6.30. The first-order chi connectivity index (χ1) is 16.7. The van der Waals surface area contributed by atoms with E-state index < -0.39 is 0 Å². The summed E-state index contributed by atoms with van der Waals surface area (Å²) < 4.78 is 7.64. The number of nitrogens with zero attached hydrogens (tertiary/aromatic N) is 5. The Hall–Kier alpha value is -2.93. The zero-order chi connectivity index (χ0) is 24.7. The molecule has 1 aliphatic carbocycles. The van der Waals surface area contributed by atoms with Gasteiger partial charge in [0.1, 0.15) is 5.76 Å². The summed E-state index contributed by atoms with van der Waals surface area (Å²) in [5, 5.41) is 9.03. The number of benzene rings is 1. The molecule has 0 saturated carbocycles. The number of para-hydroxylation sites is 1. The van der Waals surface area contributed by atoms with Crippen LogP contribution in [0.1, 0.15) is 66.0 Å². The van der Waals surface area contributed by atoms with Gasteiger partial charge in [-0.1, -0.05) is 44.1 Å². The van der Waals surface area contributed by atoms with E-state index >= 15 is 0 Å². The number of carbonyl (C=O) groups is 1. The topological polar surface area (TPSA) is 67.4 Å². The van der Waals surface area contributed by atoms with Gasteiger partial charge in [-0.15, -0.1) is 0 Å². The number of aryl methyl sites for hydroxylation is 2. The van der Waals surface area contributed by atoms with Crippen molar-refractivity contribution >= 4 is 5.91 Å². The van der Waals surface area contributed by atoms with E-state index in [0.29, 0.717) is 24.7 Å². The van der Waals surface area contributed by atoms with E-state index in [0.717, 1.165) is 61.6 Å². The van der Waals surface area contributed by atoms with Crippen molar-refractivity contribution in [1.29, 1.82) is 0 Å². The van der Waals surface area contributed by atoms with Gasteiger partial charge >= 0.3 is 0 Å². The van der Waals surface area contributed by atoms with Crippen LogP contribution in [0.25, 0.3) is 5.69 Å². The van der Waals surface area contributed by atoms with Crippen LogP contribution in [0.3, 0.4) is 0 Å². The van der Waals surface area contributed by atoms with Crippen molar-refractivity contribution < 1.29 is 9.32 Å². The molecular weight excluding hydrogens is 438 g/mol. The molecule has 3 aromatic rings. The molecule has 2 aliphatic rings. The summed E-state index contributed by atoms with van der Waals surface area (Å²) in [7, 11) is 0. The minimum Gasteiger partial charge on any atom is -0.360 e. The van der Waals surface area contributed by atoms with Crippen molar-refractivity contribution in [2.75, 3.05) is 26.2 Å². The number of carbonyl (C=O) groups excluding carboxylic acids is 1. The summed E-state index contributed by atoms with van der Waals surface area (Å²) in [5.41, 5.74) is 6.39. The molecule has 1 aromatic carbocycles. The van der Waals surface area contributed by atoms with Crippen molar-refractivity contribution in [2.45, 2.75) is 60.4 Å². The molecule has 0 bridgehead atoms. The van der Waals surface area contributed by atoms with E-state index in [1.54, 1.807) is 0 Å². The molecule has 1 fully saturated rings. The lowest BCUT2D eigenvalue weighted by atomic mass is 9.71. The molecule has 1 atom stereocenters. The highest BCUT2D eigenvalue weighted by molar-refractivity contribution is 5.94. The molecule has 0 N–H and O–H groups in total. The van der Waals surface area contributed by atoms with Gasteiger partial charge in [-0.3, -0.25) is 9.69 Å². The van der Waals surface area contributed by atoms with E-state index in [1.807, 2.05) is 27.8 Å². The fourth-order valence-electron chi connectivity index (χ4n) is 5.52. The lowest BCUT2D eigenvalue weighted by Gasteiger charge is -2.35. The van der Waals surface area contributed by atoms with Crippen molar-refractivity contribution in [3.63, 3.8) is 0 Å². The van der Waals surface area contributed by atoms with Crippen LogP contribution in [0.15, 0.2) is 34.9 Å². The van der Waals surface area contributed by atoms with Crippen LogP contribution in [-0.4, -0.2) is 56.8 Å².